The van der Waals surface area contributed by atoms with Crippen LogP contribution in [0.5, 0.6) is 5.75 Å². The van der Waals surface area contributed by atoms with Gasteiger partial charge in [0.15, 0.2) is 5.69 Å². The number of nitrogens with zero attached hydrogens (tertiary/aromatic N) is 3. The van der Waals surface area contributed by atoms with Gasteiger partial charge in [-0.3, -0.25) is 9.89 Å². The standard InChI is InChI=1S/C26H34N4O2/c1-4-30(26(31)25-23-15-19(2)10-11-24(23)27-28-25)18-21-8-6-13-29(17-21)14-12-20-7-5-9-22(16-20)32-3/h5,7,9-11,15-16,21H,4,6,8,12-14,17-18H2,1-3H3,(H,27,28)/t21-/m1/s1. The first kappa shape index (κ1) is 22.3. The molecule has 1 N–H and O–H groups in total. The fourth-order valence-electron chi connectivity index (χ4n) is 4.73. The molecule has 0 aliphatic carbocycles. The maximum atomic E-state index is 13.3. The summed E-state index contributed by atoms with van der Waals surface area (Å²) in [6.07, 6.45) is 3.36. The molecule has 2 aromatic carbocycles. The quantitative estimate of drug-likeness (QED) is 0.574. The van der Waals surface area contributed by atoms with Crippen LogP contribution in [0.2, 0.25) is 0 Å². The van der Waals surface area contributed by atoms with E-state index in [1.165, 1.54) is 18.4 Å². The van der Waals surface area contributed by atoms with Crippen LogP contribution in [0.15, 0.2) is 42.5 Å². The predicted octanol–water partition coefficient (Wildman–Crippen LogP) is 4.30. The third-order valence-corrected chi connectivity index (χ3v) is 6.52. The Labute approximate surface area is 190 Å². The van der Waals surface area contributed by atoms with Crippen molar-refractivity contribution in [2.75, 3.05) is 39.8 Å². The minimum Gasteiger partial charge on any atom is -0.497 e. The molecule has 0 radical (unpaired) electrons. The Kier molecular flexibility index (Phi) is 7.10. The van der Waals surface area contributed by atoms with E-state index in [1.54, 1.807) is 7.11 Å². The van der Waals surface area contributed by atoms with Crippen LogP contribution in [-0.2, 0) is 6.42 Å². The molecule has 1 aliphatic rings. The zero-order valence-corrected chi connectivity index (χ0v) is 19.4. The van der Waals surface area contributed by atoms with Crippen LogP contribution in [0, 0.1) is 12.8 Å². The Bertz CT molecular complexity index is 1060. The van der Waals surface area contributed by atoms with Crippen LogP contribution < -0.4 is 4.74 Å². The van der Waals surface area contributed by atoms with Gasteiger partial charge in [-0.1, -0.05) is 23.8 Å². The average Bonchev–Trinajstić information content (AvgIpc) is 3.24. The van der Waals surface area contributed by atoms with Crippen molar-refractivity contribution < 1.29 is 9.53 Å². The molecule has 1 saturated heterocycles. The van der Waals surface area contributed by atoms with Gasteiger partial charge in [-0.15, -0.1) is 0 Å². The molecular weight excluding hydrogens is 400 g/mol. The Morgan fingerprint density at radius 2 is 2.16 bits per heavy atom. The van der Waals surface area contributed by atoms with Crippen LogP contribution in [0.4, 0.5) is 0 Å². The molecule has 0 unspecified atom stereocenters. The number of piperidine rings is 1. The van der Waals surface area contributed by atoms with Gasteiger partial charge < -0.3 is 14.5 Å². The molecule has 1 aromatic heterocycles. The van der Waals surface area contributed by atoms with Crippen molar-refractivity contribution in [3.8, 4) is 5.75 Å². The lowest BCUT2D eigenvalue weighted by molar-refractivity contribution is 0.0687. The minimum absolute atomic E-state index is 0.0258. The number of aromatic amines is 1. The SMILES string of the molecule is CCN(C[C@@H]1CCCN(CCc2cccc(OC)c2)C1)C(=O)c1n[nH]c2ccc(C)cc12. The first-order valence-electron chi connectivity index (χ1n) is 11.7. The molecule has 170 valence electrons. The van der Waals surface area contributed by atoms with Gasteiger partial charge in [0, 0.05) is 31.6 Å². The van der Waals surface area contributed by atoms with Crippen molar-refractivity contribution in [1.82, 2.24) is 20.0 Å². The molecule has 1 aliphatic heterocycles. The molecule has 0 spiro atoms. The zero-order valence-electron chi connectivity index (χ0n) is 19.4. The van der Waals surface area contributed by atoms with E-state index in [2.05, 4.69) is 40.2 Å². The molecule has 3 aromatic rings. The smallest absolute Gasteiger partial charge is 0.274 e. The van der Waals surface area contributed by atoms with Crippen molar-refractivity contribution in [1.29, 1.82) is 0 Å². The second-order valence-corrected chi connectivity index (χ2v) is 8.88. The molecular formula is C26H34N4O2. The number of hydrogen-bond acceptors (Lipinski definition) is 4. The number of amides is 1. The van der Waals surface area contributed by atoms with Gasteiger partial charge in [0.25, 0.3) is 5.91 Å². The molecule has 1 atom stereocenters. The Balaban J connectivity index is 1.37. The highest BCUT2D eigenvalue weighted by molar-refractivity contribution is 6.04. The van der Waals surface area contributed by atoms with Gasteiger partial charge in [-0.25, -0.2) is 0 Å². The third-order valence-electron chi connectivity index (χ3n) is 6.52. The number of nitrogens with one attached hydrogen (secondary N) is 1. The molecule has 0 saturated carbocycles. The number of carbonyl (C=O) groups excluding carboxylic acids is 1. The summed E-state index contributed by atoms with van der Waals surface area (Å²) in [6, 6.07) is 14.4. The summed E-state index contributed by atoms with van der Waals surface area (Å²) in [7, 11) is 1.71. The van der Waals surface area contributed by atoms with E-state index in [0.29, 0.717) is 18.2 Å². The van der Waals surface area contributed by atoms with Gasteiger partial charge >= 0.3 is 0 Å². The molecule has 1 fully saturated rings. The number of ether oxygens (including phenoxy) is 1. The highest BCUT2D eigenvalue weighted by Crippen LogP contribution is 2.22. The summed E-state index contributed by atoms with van der Waals surface area (Å²) in [5.41, 5.74) is 3.89. The summed E-state index contributed by atoms with van der Waals surface area (Å²) in [6.45, 7) is 8.78. The molecule has 6 nitrogen and oxygen atoms in total. The van der Waals surface area contributed by atoms with E-state index in [4.69, 9.17) is 4.74 Å². The van der Waals surface area contributed by atoms with Crippen LogP contribution in [0.25, 0.3) is 10.9 Å². The van der Waals surface area contributed by atoms with E-state index in [-0.39, 0.29) is 5.91 Å². The molecule has 1 amide bonds. The summed E-state index contributed by atoms with van der Waals surface area (Å²) in [5, 5.41) is 8.28. The number of carbonyl (C=O) groups is 1. The maximum Gasteiger partial charge on any atom is 0.274 e. The Hall–Kier alpha value is -2.86. The van der Waals surface area contributed by atoms with E-state index >= 15 is 0 Å². The average molecular weight is 435 g/mol. The normalized spacial score (nSPS) is 16.9. The van der Waals surface area contributed by atoms with E-state index in [9.17, 15) is 4.79 Å². The number of H-pyrrole nitrogens is 1. The Morgan fingerprint density at radius 1 is 1.28 bits per heavy atom. The highest BCUT2D eigenvalue weighted by Gasteiger charge is 2.26. The molecule has 2 heterocycles. The molecule has 0 bridgehead atoms. The number of fused-ring (bicyclic) bond motifs is 1. The second-order valence-electron chi connectivity index (χ2n) is 8.88. The lowest BCUT2D eigenvalue weighted by atomic mass is 9.96. The Morgan fingerprint density at radius 3 is 2.97 bits per heavy atom. The van der Waals surface area contributed by atoms with Crippen LogP contribution in [0.3, 0.4) is 0 Å². The summed E-state index contributed by atoms with van der Waals surface area (Å²) < 4.78 is 5.35. The number of rotatable bonds is 8. The van der Waals surface area contributed by atoms with E-state index in [1.807, 2.05) is 36.1 Å². The largest absolute Gasteiger partial charge is 0.497 e. The van der Waals surface area contributed by atoms with Crippen molar-refractivity contribution in [3.05, 3.63) is 59.3 Å². The summed E-state index contributed by atoms with van der Waals surface area (Å²) in [5.74, 6) is 1.43. The molecule has 32 heavy (non-hydrogen) atoms. The first-order chi connectivity index (χ1) is 15.6. The van der Waals surface area contributed by atoms with Crippen molar-refractivity contribution in [3.63, 3.8) is 0 Å². The number of benzene rings is 2. The fraction of sp³-hybridized carbons (Fsp3) is 0.462. The lowest BCUT2D eigenvalue weighted by Crippen LogP contribution is -2.43. The van der Waals surface area contributed by atoms with Crippen molar-refractivity contribution in [2.45, 2.75) is 33.1 Å². The van der Waals surface area contributed by atoms with Crippen molar-refractivity contribution >= 4 is 16.8 Å². The molecule has 6 heteroatoms. The minimum atomic E-state index is 0.0258. The number of methoxy groups -OCH3 is 1. The van der Waals surface area contributed by atoms with Crippen molar-refractivity contribution in [2.24, 2.45) is 5.92 Å². The number of likely N-dealkylation sites (tertiary alicyclic amines) is 1. The van der Waals surface area contributed by atoms with Crippen LogP contribution in [-0.4, -0.2) is 65.7 Å². The second kappa shape index (κ2) is 10.2. The fourth-order valence-corrected chi connectivity index (χ4v) is 4.73. The van der Waals surface area contributed by atoms with Gasteiger partial charge in [0.2, 0.25) is 0 Å². The first-order valence-corrected chi connectivity index (χ1v) is 11.7. The topological polar surface area (TPSA) is 61.5 Å². The van der Waals surface area contributed by atoms with Gasteiger partial charge in [-0.2, -0.15) is 5.10 Å². The number of aryl methyl sites for hydroxylation is 1. The van der Waals surface area contributed by atoms with Gasteiger partial charge in [0.1, 0.15) is 5.75 Å². The van der Waals surface area contributed by atoms with Crippen LogP contribution in [0.1, 0.15) is 41.4 Å². The van der Waals surface area contributed by atoms with Gasteiger partial charge in [0.05, 0.1) is 12.6 Å². The monoisotopic (exact) mass is 434 g/mol. The molecule has 4 rings (SSSR count). The van der Waals surface area contributed by atoms with E-state index < -0.39 is 0 Å². The summed E-state index contributed by atoms with van der Waals surface area (Å²) >= 11 is 0. The zero-order chi connectivity index (χ0) is 22.5. The third kappa shape index (κ3) is 5.13. The number of aromatic nitrogens is 2. The predicted molar refractivity (Wildman–Crippen MR) is 128 cm³/mol. The number of hydrogen-bond donors (Lipinski definition) is 1. The van der Waals surface area contributed by atoms with Gasteiger partial charge in [-0.05, 0) is 75.4 Å². The maximum absolute atomic E-state index is 13.3. The van der Waals surface area contributed by atoms with E-state index in [0.717, 1.165) is 54.8 Å². The summed E-state index contributed by atoms with van der Waals surface area (Å²) in [4.78, 5) is 17.8. The van der Waals surface area contributed by atoms with Crippen LogP contribution >= 0.6 is 0 Å². The highest BCUT2D eigenvalue weighted by atomic mass is 16.5. The lowest BCUT2D eigenvalue weighted by Gasteiger charge is -2.35.